The molecular weight excluding hydrogens is 265 g/mol. The summed E-state index contributed by atoms with van der Waals surface area (Å²) in [6.07, 6.45) is 1.75. The van der Waals surface area contributed by atoms with Crippen LogP contribution in [-0.2, 0) is 0 Å². The number of nitrogens with zero attached hydrogens (tertiary/aromatic N) is 3. The van der Waals surface area contributed by atoms with Crippen molar-refractivity contribution in [2.75, 3.05) is 13.2 Å². The first kappa shape index (κ1) is 13.9. The zero-order valence-electron chi connectivity index (χ0n) is 10.6. The third-order valence-electron chi connectivity index (χ3n) is 2.85. The second-order valence-corrected chi connectivity index (χ2v) is 4.23. The maximum atomic E-state index is 12.6. The topological polar surface area (TPSA) is 82.8 Å². The molecular formula is C12H14FN5O2. The summed E-state index contributed by atoms with van der Waals surface area (Å²) in [5, 5.41) is 12.2. The number of alkyl halides is 1. The smallest absolute Gasteiger partial charge is 0.269 e. The summed E-state index contributed by atoms with van der Waals surface area (Å²) in [7, 11) is 0. The fourth-order valence-electron chi connectivity index (χ4n) is 1.74. The molecule has 0 radical (unpaired) electrons. The van der Waals surface area contributed by atoms with Crippen LogP contribution in [0.3, 0.4) is 0 Å². The second kappa shape index (κ2) is 6.11. The van der Waals surface area contributed by atoms with E-state index in [1.807, 2.05) is 0 Å². The Bertz CT molecular complexity index is 531. The number of aliphatic imine (C=N–C) groups is 1. The number of non-ortho nitro benzene ring substituents is 1. The maximum absolute atomic E-state index is 12.6. The van der Waals surface area contributed by atoms with Crippen molar-refractivity contribution in [1.82, 2.24) is 16.0 Å². The van der Waals surface area contributed by atoms with Crippen molar-refractivity contribution < 1.29 is 9.31 Å². The van der Waals surface area contributed by atoms with Crippen molar-refractivity contribution >= 4 is 18.1 Å². The minimum Gasteiger partial charge on any atom is -0.302 e. The van der Waals surface area contributed by atoms with Crippen LogP contribution in [0.5, 0.6) is 0 Å². The molecule has 0 aliphatic carbocycles. The van der Waals surface area contributed by atoms with Gasteiger partial charge in [0.15, 0.2) is 0 Å². The molecule has 0 bridgehead atoms. The maximum Gasteiger partial charge on any atom is 0.269 e. The van der Waals surface area contributed by atoms with E-state index < -0.39 is 17.6 Å². The molecule has 0 saturated carbocycles. The molecule has 1 unspecified atom stereocenters. The molecule has 1 aliphatic heterocycles. The summed E-state index contributed by atoms with van der Waals surface area (Å²) >= 11 is 0. The number of benzene rings is 1. The molecule has 0 spiro atoms. The van der Waals surface area contributed by atoms with Gasteiger partial charge in [-0.25, -0.2) is 4.39 Å². The summed E-state index contributed by atoms with van der Waals surface area (Å²) in [6.45, 7) is 3.08. The Morgan fingerprint density at radius 2 is 2.15 bits per heavy atom. The minimum atomic E-state index is -0.581. The fraction of sp³-hybridized carbons (Fsp3) is 0.250. The molecule has 1 aliphatic rings. The molecule has 1 heterocycles. The van der Waals surface area contributed by atoms with E-state index in [-0.39, 0.29) is 5.69 Å². The summed E-state index contributed by atoms with van der Waals surface area (Å²) in [4.78, 5) is 13.8. The van der Waals surface area contributed by atoms with E-state index in [0.717, 1.165) is 11.3 Å². The van der Waals surface area contributed by atoms with Crippen molar-refractivity contribution in [3.63, 3.8) is 0 Å². The van der Waals surface area contributed by atoms with E-state index in [1.54, 1.807) is 23.3 Å². The van der Waals surface area contributed by atoms with Gasteiger partial charge in [-0.1, -0.05) is 0 Å². The van der Waals surface area contributed by atoms with Gasteiger partial charge in [0.25, 0.3) is 5.69 Å². The molecule has 0 amide bonds. The van der Waals surface area contributed by atoms with E-state index in [4.69, 9.17) is 0 Å². The zero-order valence-corrected chi connectivity index (χ0v) is 10.6. The molecule has 0 fully saturated rings. The Labute approximate surface area is 114 Å². The lowest BCUT2D eigenvalue weighted by Gasteiger charge is -2.17. The Morgan fingerprint density at radius 1 is 1.45 bits per heavy atom. The van der Waals surface area contributed by atoms with Crippen LogP contribution in [0.2, 0.25) is 0 Å². The number of nitro groups is 1. The molecule has 2 N–H and O–H groups in total. The molecule has 1 aromatic rings. The van der Waals surface area contributed by atoms with Gasteiger partial charge < -0.3 is 5.43 Å². The average molecular weight is 279 g/mol. The quantitative estimate of drug-likeness (QED) is 0.465. The molecule has 1 aromatic carbocycles. The van der Waals surface area contributed by atoms with Gasteiger partial charge in [0.05, 0.1) is 23.2 Å². The molecule has 1 atom stereocenters. The fourth-order valence-corrected chi connectivity index (χ4v) is 1.74. The van der Waals surface area contributed by atoms with Crippen molar-refractivity contribution in [3.8, 4) is 0 Å². The summed E-state index contributed by atoms with van der Waals surface area (Å²) in [6, 6.07) is 5.63. The molecule has 0 saturated heterocycles. The average Bonchev–Trinajstić information content (AvgIpc) is 2.93. The molecule has 7 nitrogen and oxygen atoms in total. The Morgan fingerprint density at radius 3 is 2.70 bits per heavy atom. The molecule has 2 rings (SSSR count). The third kappa shape index (κ3) is 3.09. The predicted molar refractivity (Wildman–Crippen MR) is 73.4 cm³/mol. The van der Waals surface area contributed by atoms with E-state index in [1.165, 1.54) is 12.1 Å². The van der Waals surface area contributed by atoms with E-state index >= 15 is 0 Å². The van der Waals surface area contributed by atoms with Gasteiger partial charge in [-0.05, 0) is 18.9 Å². The monoisotopic (exact) mass is 279 g/mol. The third-order valence-corrected chi connectivity index (χ3v) is 2.85. The highest BCUT2D eigenvalue weighted by molar-refractivity contribution is 5.65. The van der Waals surface area contributed by atoms with Crippen LogP contribution in [0.25, 0.3) is 5.70 Å². The SMILES string of the molecule is C=NC(CF)CN1C=C(c2ccc([N+](=O)[O-])cc2)NN1. The zero-order chi connectivity index (χ0) is 14.5. The number of hydrogen-bond acceptors (Lipinski definition) is 6. The van der Waals surface area contributed by atoms with Crippen LogP contribution in [0.15, 0.2) is 35.5 Å². The first-order valence-electron chi connectivity index (χ1n) is 5.91. The van der Waals surface area contributed by atoms with Crippen LogP contribution in [0, 0.1) is 10.1 Å². The highest BCUT2D eigenvalue weighted by Gasteiger charge is 2.17. The van der Waals surface area contributed by atoms with Gasteiger partial charge in [-0.3, -0.25) is 20.1 Å². The van der Waals surface area contributed by atoms with Gasteiger partial charge >= 0.3 is 0 Å². The van der Waals surface area contributed by atoms with Gasteiger partial charge in [-0.2, -0.15) is 0 Å². The molecule has 8 heteroatoms. The van der Waals surface area contributed by atoms with E-state index in [2.05, 4.69) is 22.7 Å². The Kier molecular flexibility index (Phi) is 4.26. The normalized spacial score (nSPS) is 15.4. The highest BCUT2D eigenvalue weighted by atomic mass is 19.1. The molecule has 0 aromatic heterocycles. The number of halogens is 1. The van der Waals surface area contributed by atoms with E-state index in [9.17, 15) is 14.5 Å². The summed E-state index contributed by atoms with van der Waals surface area (Å²) in [5.41, 5.74) is 7.31. The van der Waals surface area contributed by atoms with Crippen LogP contribution >= 0.6 is 0 Å². The van der Waals surface area contributed by atoms with Crippen molar-refractivity contribution in [2.45, 2.75) is 6.04 Å². The molecule has 20 heavy (non-hydrogen) atoms. The minimum absolute atomic E-state index is 0.0329. The van der Waals surface area contributed by atoms with Crippen LogP contribution in [0.4, 0.5) is 10.1 Å². The Hall–Kier alpha value is -2.48. The van der Waals surface area contributed by atoms with Crippen molar-refractivity contribution in [1.29, 1.82) is 0 Å². The van der Waals surface area contributed by atoms with Gasteiger partial charge in [0.1, 0.15) is 6.67 Å². The van der Waals surface area contributed by atoms with Crippen LogP contribution in [0.1, 0.15) is 5.56 Å². The van der Waals surface area contributed by atoms with Crippen LogP contribution < -0.4 is 11.0 Å². The van der Waals surface area contributed by atoms with E-state index in [0.29, 0.717) is 6.54 Å². The number of nitro benzene ring substituents is 1. The van der Waals surface area contributed by atoms with Gasteiger partial charge in [-0.15, -0.1) is 5.53 Å². The first-order chi connectivity index (χ1) is 9.63. The highest BCUT2D eigenvalue weighted by Crippen LogP contribution is 2.19. The lowest BCUT2D eigenvalue weighted by Crippen LogP contribution is -2.40. The second-order valence-electron chi connectivity index (χ2n) is 4.23. The lowest BCUT2D eigenvalue weighted by molar-refractivity contribution is -0.384. The first-order valence-corrected chi connectivity index (χ1v) is 5.91. The van der Waals surface area contributed by atoms with Gasteiger partial charge in [0.2, 0.25) is 0 Å². The number of nitrogens with one attached hydrogen (secondary N) is 2. The standard InChI is InChI=1S/C12H14FN5O2/c1-14-10(6-13)7-17-8-12(15-16-17)9-2-4-11(5-3-9)18(19)20/h2-5,8,10,15-16H,1,6-7H2. The lowest BCUT2D eigenvalue weighted by atomic mass is 10.1. The van der Waals surface area contributed by atoms with Crippen molar-refractivity contribution in [2.24, 2.45) is 4.99 Å². The summed E-state index contributed by atoms with van der Waals surface area (Å²) in [5.74, 6) is 0. The number of hydrogen-bond donors (Lipinski definition) is 2. The number of hydrazine groups is 2. The van der Waals surface area contributed by atoms with Gasteiger partial charge in [0, 0.05) is 23.9 Å². The largest absolute Gasteiger partial charge is 0.302 e. The predicted octanol–water partition coefficient (Wildman–Crippen LogP) is 1.26. The summed E-state index contributed by atoms with van der Waals surface area (Å²) < 4.78 is 12.6. The van der Waals surface area contributed by atoms with Crippen LogP contribution in [-0.4, -0.2) is 35.9 Å². The number of rotatable bonds is 6. The molecule has 106 valence electrons. The van der Waals surface area contributed by atoms with Crippen molar-refractivity contribution in [3.05, 3.63) is 46.1 Å². The Balaban J connectivity index is 2.06.